The Hall–Kier alpha value is -0.880. The summed E-state index contributed by atoms with van der Waals surface area (Å²) >= 11 is 2.34. The number of nitrogens with zero attached hydrogens (tertiary/aromatic N) is 2. The Morgan fingerprint density at radius 2 is 2.00 bits per heavy atom. The Labute approximate surface area is 128 Å². The summed E-state index contributed by atoms with van der Waals surface area (Å²) in [6.07, 6.45) is 4.07. The van der Waals surface area contributed by atoms with Crippen LogP contribution in [0.3, 0.4) is 0 Å². The third kappa shape index (κ3) is 4.31. The van der Waals surface area contributed by atoms with Crippen molar-refractivity contribution in [2.75, 3.05) is 6.54 Å². The Bertz CT molecular complexity index is 504. The molecule has 1 atom stereocenters. The van der Waals surface area contributed by atoms with Gasteiger partial charge in [0, 0.05) is 29.3 Å². The van der Waals surface area contributed by atoms with Crippen molar-refractivity contribution < 1.29 is 0 Å². The molecule has 0 bridgehead atoms. The molecule has 0 amide bonds. The zero-order chi connectivity index (χ0) is 13.7. The van der Waals surface area contributed by atoms with Crippen molar-refractivity contribution in [1.82, 2.24) is 15.1 Å². The van der Waals surface area contributed by atoms with Gasteiger partial charge in [0.1, 0.15) is 0 Å². The number of halogens is 1. The van der Waals surface area contributed by atoms with Crippen LogP contribution in [0.25, 0.3) is 0 Å². The van der Waals surface area contributed by atoms with Gasteiger partial charge in [0.05, 0.1) is 5.69 Å². The molecule has 1 aromatic heterocycles. The summed E-state index contributed by atoms with van der Waals surface area (Å²) in [6, 6.07) is 11.2. The molecule has 0 aliphatic heterocycles. The van der Waals surface area contributed by atoms with Crippen molar-refractivity contribution in [2.45, 2.75) is 25.8 Å². The zero-order valence-electron chi connectivity index (χ0n) is 11.4. The molecule has 0 aliphatic rings. The highest BCUT2D eigenvalue weighted by Gasteiger charge is 2.12. The van der Waals surface area contributed by atoms with Gasteiger partial charge < -0.3 is 5.32 Å². The number of rotatable bonds is 6. The number of benzene rings is 1. The molecule has 2 rings (SSSR count). The molecule has 1 aromatic carbocycles. The van der Waals surface area contributed by atoms with E-state index in [-0.39, 0.29) is 0 Å². The van der Waals surface area contributed by atoms with Crippen molar-refractivity contribution in [1.29, 1.82) is 0 Å². The number of hydrogen-bond donors (Lipinski definition) is 1. The van der Waals surface area contributed by atoms with E-state index >= 15 is 0 Å². The fraction of sp³-hybridized carbons (Fsp3) is 0.400. The van der Waals surface area contributed by atoms with Crippen molar-refractivity contribution in [2.24, 2.45) is 7.05 Å². The van der Waals surface area contributed by atoms with E-state index in [2.05, 4.69) is 70.3 Å². The molecule has 0 spiro atoms. The van der Waals surface area contributed by atoms with Gasteiger partial charge in [-0.05, 0) is 59.3 Å². The summed E-state index contributed by atoms with van der Waals surface area (Å²) in [6.45, 7) is 3.22. The number of hydrogen-bond acceptors (Lipinski definition) is 2. The van der Waals surface area contributed by atoms with E-state index in [4.69, 9.17) is 0 Å². The van der Waals surface area contributed by atoms with Gasteiger partial charge in [-0.25, -0.2) is 0 Å². The van der Waals surface area contributed by atoms with Crippen molar-refractivity contribution in [3.8, 4) is 0 Å². The Kier molecular flexibility index (Phi) is 5.39. The maximum absolute atomic E-state index is 4.48. The van der Waals surface area contributed by atoms with E-state index in [0.717, 1.165) is 25.1 Å². The second-order valence-electron chi connectivity index (χ2n) is 4.74. The predicted molar refractivity (Wildman–Crippen MR) is 87.1 cm³/mol. The number of aromatic nitrogens is 2. The summed E-state index contributed by atoms with van der Waals surface area (Å²) in [5.74, 6) is 0. The van der Waals surface area contributed by atoms with Crippen LogP contribution in [0, 0.1) is 3.57 Å². The molecule has 2 aromatic rings. The maximum Gasteiger partial charge on any atom is 0.0643 e. The van der Waals surface area contributed by atoms with Gasteiger partial charge >= 0.3 is 0 Å². The van der Waals surface area contributed by atoms with E-state index in [1.165, 1.54) is 9.13 Å². The summed E-state index contributed by atoms with van der Waals surface area (Å²) in [5.41, 5.74) is 2.47. The standard InChI is InChI=1S/C15H20IN3/c1-3-9-17-15(11-14-8-10-19(2)18-14)12-4-6-13(16)7-5-12/h4-8,10,15,17H,3,9,11H2,1-2H3. The molecular weight excluding hydrogens is 349 g/mol. The molecule has 1 N–H and O–H groups in total. The first-order valence-corrected chi connectivity index (χ1v) is 7.74. The lowest BCUT2D eigenvalue weighted by Crippen LogP contribution is -2.24. The Balaban J connectivity index is 2.13. The second-order valence-corrected chi connectivity index (χ2v) is 5.99. The lowest BCUT2D eigenvalue weighted by molar-refractivity contribution is 0.521. The average Bonchev–Trinajstić information content (AvgIpc) is 2.81. The first-order chi connectivity index (χ1) is 9.19. The van der Waals surface area contributed by atoms with E-state index < -0.39 is 0 Å². The van der Waals surface area contributed by atoms with E-state index in [0.29, 0.717) is 6.04 Å². The molecule has 4 heteroatoms. The van der Waals surface area contributed by atoms with Gasteiger partial charge in [0.15, 0.2) is 0 Å². The molecule has 0 aliphatic carbocycles. The minimum Gasteiger partial charge on any atom is -0.310 e. The fourth-order valence-corrected chi connectivity index (χ4v) is 2.46. The Morgan fingerprint density at radius 1 is 1.26 bits per heavy atom. The monoisotopic (exact) mass is 369 g/mol. The van der Waals surface area contributed by atoms with Gasteiger partial charge in [-0.3, -0.25) is 4.68 Å². The summed E-state index contributed by atoms with van der Waals surface area (Å²) in [5, 5.41) is 8.09. The molecule has 0 saturated carbocycles. The normalized spacial score (nSPS) is 12.6. The first kappa shape index (κ1) is 14.5. The van der Waals surface area contributed by atoms with Crippen LogP contribution >= 0.6 is 22.6 Å². The van der Waals surface area contributed by atoms with Crippen LogP contribution in [0.4, 0.5) is 0 Å². The summed E-state index contributed by atoms with van der Waals surface area (Å²) in [7, 11) is 1.96. The SMILES string of the molecule is CCCNC(Cc1ccn(C)n1)c1ccc(I)cc1. The topological polar surface area (TPSA) is 29.9 Å². The third-order valence-electron chi connectivity index (χ3n) is 3.10. The van der Waals surface area contributed by atoms with E-state index in [1.54, 1.807) is 0 Å². The van der Waals surface area contributed by atoms with Crippen LogP contribution in [0.2, 0.25) is 0 Å². The minimum atomic E-state index is 0.340. The van der Waals surface area contributed by atoms with Gasteiger partial charge in [-0.1, -0.05) is 19.1 Å². The molecule has 0 fully saturated rings. The summed E-state index contributed by atoms with van der Waals surface area (Å²) in [4.78, 5) is 0. The fourth-order valence-electron chi connectivity index (χ4n) is 2.10. The van der Waals surface area contributed by atoms with Crippen LogP contribution in [0.5, 0.6) is 0 Å². The highest BCUT2D eigenvalue weighted by atomic mass is 127. The molecular formula is C15H20IN3. The van der Waals surface area contributed by atoms with Crippen LogP contribution < -0.4 is 5.32 Å². The molecule has 3 nitrogen and oxygen atoms in total. The molecule has 19 heavy (non-hydrogen) atoms. The quantitative estimate of drug-likeness (QED) is 0.792. The van der Waals surface area contributed by atoms with Gasteiger partial charge in [0.2, 0.25) is 0 Å². The molecule has 0 radical (unpaired) electrons. The largest absolute Gasteiger partial charge is 0.310 e. The van der Waals surface area contributed by atoms with Crippen LogP contribution in [0.1, 0.15) is 30.6 Å². The van der Waals surface area contributed by atoms with Crippen LogP contribution in [-0.2, 0) is 13.5 Å². The lowest BCUT2D eigenvalue weighted by atomic mass is 10.0. The average molecular weight is 369 g/mol. The Morgan fingerprint density at radius 3 is 2.58 bits per heavy atom. The maximum atomic E-state index is 4.48. The molecule has 0 saturated heterocycles. The first-order valence-electron chi connectivity index (χ1n) is 6.66. The second kappa shape index (κ2) is 7.05. The molecule has 1 unspecified atom stereocenters. The van der Waals surface area contributed by atoms with Crippen LogP contribution in [-0.4, -0.2) is 16.3 Å². The van der Waals surface area contributed by atoms with Gasteiger partial charge in [-0.15, -0.1) is 0 Å². The minimum absolute atomic E-state index is 0.340. The zero-order valence-corrected chi connectivity index (χ0v) is 13.6. The van der Waals surface area contributed by atoms with Crippen molar-refractivity contribution in [3.63, 3.8) is 0 Å². The van der Waals surface area contributed by atoms with Gasteiger partial charge in [0.25, 0.3) is 0 Å². The predicted octanol–water partition coefficient (Wildman–Crippen LogP) is 3.31. The number of nitrogens with one attached hydrogen (secondary N) is 1. The highest BCUT2D eigenvalue weighted by molar-refractivity contribution is 14.1. The van der Waals surface area contributed by atoms with Crippen molar-refractivity contribution >= 4 is 22.6 Å². The van der Waals surface area contributed by atoms with E-state index in [9.17, 15) is 0 Å². The van der Waals surface area contributed by atoms with Crippen molar-refractivity contribution in [3.05, 3.63) is 51.4 Å². The molecule has 102 valence electrons. The molecule has 1 heterocycles. The smallest absolute Gasteiger partial charge is 0.0643 e. The third-order valence-corrected chi connectivity index (χ3v) is 3.81. The van der Waals surface area contributed by atoms with Gasteiger partial charge in [-0.2, -0.15) is 5.10 Å². The number of aryl methyl sites for hydroxylation is 1. The summed E-state index contributed by atoms with van der Waals surface area (Å²) < 4.78 is 3.13. The van der Waals surface area contributed by atoms with Crippen LogP contribution in [0.15, 0.2) is 36.5 Å². The van der Waals surface area contributed by atoms with E-state index in [1.807, 2.05) is 17.9 Å². The lowest BCUT2D eigenvalue weighted by Gasteiger charge is -2.18. The highest BCUT2D eigenvalue weighted by Crippen LogP contribution is 2.19.